The summed E-state index contributed by atoms with van der Waals surface area (Å²) in [4.78, 5) is 16.2. The van der Waals surface area contributed by atoms with Crippen molar-refractivity contribution in [2.75, 3.05) is 26.2 Å². The van der Waals surface area contributed by atoms with Crippen LogP contribution in [0.1, 0.15) is 30.4 Å². The number of hydrogen-bond donors (Lipinski definition) is 0. The number of carbonyl (C=O) groups excluding carboxylic acids is 1. The fourth-order valence-corrected chi connectivity index (χ4v) is 3.48. The third kappa shape index (κ3) is 3.00. The molecule has 118 valence electrons. The normalized spacial score (nSPS) is 22.1. The predicted octanol–water partition coefficient (Wildman–Crippen LogP) is 1.92. The third-order valence-corrected chi connectivity index (χ3v) is 5.17. The highest BCUT2D eigenvalue weighted by molar-refractivity contribution is 5.80. The summed E-state index contributed by atoms with van der Waals surface area (Å²) in [5.41, 5.74) is 1.86. The van der Waals surface area contributed by atoms with Crippen LogP contribution in [0.4, 0.5) is 0 Å². The van der Waals surface area contributed by atoms with E-state index in [-0.39, 0.29) is 17.7 Å². The van der Waals surface area contributed by atoms with Crippen molar-refractivity contribution in [2.45, 2.75) is 19.3 Å². The summed E-state index contributed by atoms with van der Waals surface area (Å²) in [6, 6.07) is 9.75. The molecule has 2 saturated heterocycles. The van der Waals surface area contributed by atoms with Crippen LogP contribution in [0.5, 0.6) is 0 Å². The summed E-state index contributed by atoms with van der Waals surface area (Å²) >= 11 is 0. The largest absolute Gasteiger partial charge is 0.341 e. The minimum Gasteiger partial charge on any atom is -0.341 e. The van der Waals surface area contributed by atoms with Crippen molar-refractivity contribution in [1.29, 1.82) is 10.5 Å². The summed E-state index contributed by atoms with van der Waals surface area (Å²) in [5.74, 6) is 0.851. The first-order valence-corrected chi connectivity index (χ1v) is 8.06. The monoisotopic (exact) mass is 308 g/mol. The fourth-order valence-electron chi connectivity index (χ4n) is 3.48. The molecule has 23 heavy (non-hydrogen) atoms. The van der Waals surface area contributed by atoms with Gasteiger partial charge in [0.2, 0.25) is 5.91 Å². The lowest BCUT2D eigenvalue weighted by molar-refractivity contribution is -0.141. The van der Waals surface area contributed by atoms with Gasteiger partial charge in [0.25, 0.3) is 0 Å². The maximum absolute atomic E-state index is 12.6. The lowest BCUT2D eigenvalue weighted by Gasteiger charge is -2.41. The minimum absolute atomic E-state index is 0.0183. The first kappa shape index (κ1) is 15.4. The zero-order chi connectivity index (χ0) is 16.4. The Balaban J connectivity index is 1.53. The molecule has 0 unspecified atom stereocenters. The summed E-state index contributed by atoms with van der Waals surface area (Å²) in [6.07, 6.45) is 3.09. The Kier molecular flexibility index (Phi) is 4.21. The van der Waals surface area contributed by atoms with E-state index in [0.29, 0.717) is 18.0 Å². The highest BCUT2D eigenvalue weighted by Crippen LogP contribution is 2.31. The van der Waals surface area contributed by atoms with Gasteiger partial charge in [0.05, 0.1) is 11.6 Å². The maximum Gasteiger partial charge on any atom is 0.225 e. The van der Waals surface area contributed by atoms with Gasteiger partial charge in [0, 0.05) is 38.0 Å². The quantitative estimate of drug-likeness (QED) is 0.800. The average molecular weight is 308 g/mol. The van der Waals surface area contributed by atoms with Crippen LogP contribution in [-0.2, 0) is 4.79 Å². The molecule has 0 spiro atoms. The van der Waals surface area contributed by atoms with Gasteiger partial charge in [-0.05, 0) is 30.0 Å². The van der Waals surface area contributed by atoms with Crippen molar-refractivity contribution in [1.82, 2.24) is 9.80 Å². The standard InChI is InChI=1S/C18H20N4O/c1-13(16-6-7-21(9-16)12-20)18(23)22-10-17(11-22)15-4-2-14(8-19)3-5-15/h2-5,13,16-17H,6-7,9-11H2,1H3/t13-,16+/m0/s1. The minimum atomic E-state index is -0.0183. The van der Waals surface area contributed by atoms with Crippen molar-refractivity contribution >= 4 is 5.91 Å². The second-order valence-electron chi connectivity index (χ2n) is 6.56. The molecule has 2 aliphatic heterocycles. The molecular formula is C18H20N4O. The molecule has 5 heteroatoms. The molecule has 0 radical (unpaired) electrons. The second kappa shape index (κ2) is 6.30. The Morgan fingerprint density at radius 2 is 1.91 bits per heavy atom. The van der Waals surface area contributed by atoms with Gasteiger partial charge >= 0.3 is 0 Å². The molecule has 0 aliphatic carbocycles. The highest BCUT2D eigenvalue weighted by atomic mass is 16.2. The smallest absolute Gasteiger partial charge is 0.225 e. The van der Waals surface area contributed by atoms with Crippen LogP contribution in [0.25, 0.3) is 0 Å². The number of carbonyl (C=O) groups is 1. The van der Waals surface area contributed by atoms with Crippen LogP contribution in [0, 0.1) is 34.6 Å². The van der Waals surface area contributed by atoms with E-state index in [1.807, 2.05) is 36.1 Å². The SMILES string of the molecule is C[C@H](C(=O)N1CC(c2ccc(C#N)cc2)C1)[C@@H]1CCN(C#N)C1. The Bertz CT molecular complexity index is 664. The Morgan fingerprint density at radius 1 is 1.22 bits per heavy atom. The molecule has 0 bridgehead atoms. The number of nitriles is 2. The van der Waals surface area contributed by atoms with E-state index in [9.17, 15) is 4.79 Å². The maximum atomic E-state index is 12.6. The number of likely N-dealkylation sites (tertiary alicyclic amines) is 2. The lowest BCUT2D eigenvalue weighted by Crippen LogP contribution is -2.51. The molecule has 3 rings (SSSR count). The van der Waals surface area contributed by atoms with E-state index in [4.69, 9.17) is 10.5 Å². The molecular weight excluding hydrogens is 288 g/mol. The van der Waals surface area contributed by atoms with Gasteiger partial charge in [0.15, 0.2) is 6.19 Å². The summed E-state index contributed by atoms with van der Waals surface area (Å²) in [6.45, 7) is 4.97. The number of nitrogens with zero attached hydrogens (tertiary/aromatic N) is 4. The van der Waals surface area contributed by atoms with Crippen molar-refractivity contribution < 1.29 is 4.79 Å². The third-order valence-electron chi connectivity index (χ3n) is 5.17. The first-order valence-electron chi connectivity index (χ1n) is 8.06. The van der Waals surface area contributed by atoms with Crippen LogP contribution >= 0.6 is 0 Å². The average Bonchev–Trinajstić information content (AvgIpc) is 3.02. The van der Waals surface area contributed by atoms with Gasteiger partial charge < -0.3 is 9.80 Å². The Hall–Kier alpha value is -2.53. The van der Waals surface area contributed by atoms with E-state index in [0.717, 1.165) is 26.1 Å². The molecule has 1 amide bonds. The first-order chi connectivity index (χ1) is 11.1. The molecule has 2 fully saturated rings. The fraction of sp³-hybridized carbons (Fsp3) is 0.500. The van der Waals surface area contributed by atoms with Gasteiger partial charge in [-0.3, -0.25) is 4.79 Å². The topological polar surface area (TPSA) is 71.1 Å². The molecule has 5 nitrogen and oxygen atoms in total. The van der Waals surface area contributed by atoms with Crippen LogP contribution < -0.4 is 0 Å². The summed E-state index contributed by atoms with van der Waals surface area (Å²) in [5, 5.41) is 17.8. The van der Waals surface area contributed by atoms with Crippen molar-refractivity contribution in [3.63, 3.8) is 0 Å². The van der Waals surface area contributed by atoms with Crippen LogP contribution in [0.3, 0.4) is 0 Å². The molecule has 2 aliphatic rings. The molecule has 2 atom stereocenters. The zero-order valence-corrected chi connectivity index (χ0v) is 13.3. The van der Waals surface area contributed by atoms with E-state index in [1.54, 1.807) is 4.90 Å². The molecule has 0 N–H and O–H groups in total. The van der Waals surface area contributed by atoms with Gasteiger partial charge in [-0.1, -0.05) is 19.1 Å². The van der Waals surface area contributed by atoms with E-state index in [1.165, 1.54) is 5.56 Å². The van der Waals surface area contributed by atoms with Crippen molar-refractivity contribution in [3.05, 3.63) is 35.4 Å². The van der Waals surface area contributed by atoms with Crippen LogP contribution in [0.2, 0.25) is 0 Å². The van der Waals surface area contributed by atoms with Gasteiger partial charge in [0.1, 0.15) is 0 Å². The number of hydrogen-bond acceptors (Lipinski definition) is 4. The second-order valence-corrected chi connectivity index (χ2v) is 6.56. The molecule has 2 heterocycles. The molecule has 0 aromatic heterocycles. The van der Waals surface area contributed by atoms with Gasteiger partial charge in [-0.2, -0.15) is 10.5 Å². The van der Waals surface area contributed by atoms with Gasteiger partial charge in [-0.25, -0.2) is 0 Å². The van der Waals surface area contributed by atoms with Gasteiger partial charge in [-0.15, -0.1) is 0 Å². The van der Waals surface area contributed by atoms with Crippen molar-refractivity contribution in [3.8, 4) is 12.3 Å². The summed E-state index contributed by atoms with van der Waals surface area (Å²) in [7, 11) is 0. The van der Waals surface area contributed by atoms with Crippen LogP contribution in [0.15, 0.2) is 24.3 Å². The highest BCUT2D eigenvalue weighted by Gasteiger charge is 2.38. The molecule has 1 aromatic rings. The van der Waals surface area contributed by atoms with Crippen LogP contribution in [-0.4, -0.2) is 41.9 Å². The molecule has 0 saturated carbocycles. The molecule has 1 aromatic carbocycles. The number of benzene rings is 1. The van der Waals surface area contributed by atoms with E-state index < -0.39 is 0 Å². The van der Waals surface area contributed by atoms with E-state index in [2.05, 4.69) is 12.3 Å². The van der Waals surface area contributed by atoms with Crippen molar-refractivity contribution in [2.24, 2.45) is 11.8 Å². The Labute approximate surface area is 136 Å². The Morgan fingerprint density at radius 3 is 2.48 bits per heavy atom. The zero-order valence-electron chi connectivity index (χ0n) is 13.3. The summed E-state index contributed by atoms with van der Waals surface area (Å²) < 4.78 is 0. The number of amides is 1. The van der Waals surface area contributed by atoms with E-state index >= 15 is 0 Å². The predicted molar refractivity (Wildman–Crippen MR) is 84.9 cm³/mol. The number of rotatable bonds is 3. The lowest BCUT2D eigenvalue weighted by atomic mass is 9.87.